The fraction of sp³-hybridized carbons (Fsp3) is 0.0769. The minimum Gasteiger partial charge on any atom is -0.384 e. The number of hydrogen-bond donors (Lipinski definition) is 3. The number of nitrogens with zero attached hydrogens (tertiary/aromatic N) is 2. The van der Waals surface area contributed by atoms with Crippen LogP contribution in [0.1, 0.15) is 5.82 Å². The highest BCUT2D eigenvalue weighted by molar-refractivity contribution is 5.72. The van der Waals surface area contributed by atoms with Gasteiger partial charge in [-0.2, -0.15) is 0 Å². The lowest BCUT2D eigenvalue weighted by atomic mass is 10.3. The van der Waals surface area contributed by atoms with Crippen molar-refractivity contribution in [3.8, 4) is 0 Å². The molecule has 3 rings (SSSR count). The van der Waals surface area contributed by atoms with Crippen molar-refractivity contribution in [1.82, 2.24) is 15.0 Å². The van der Waals surface area contributed by atoms with E-state index < -0.39 is 0 Å². The van der Waals surface area contributed by atoms with Gasteiger partial charge in [-0.1, -0.05) is 18.2 Å². The number of aromatic nitrogens is 3. The van der Waals surface area contributed by atoms with Gasteiger partial charge < -0.3 is 16.0 Å². The van der Waals surface area contributed by atoms with Gasteiger partial charge in [0, 0.05) is 5.69 Å². The molecule has 0 fully saturated rings. The lowest BCUT2D eigenvalue weighted by molar-refractivity contribution is 1.01. The van der Waals surface area contributed by atoms with Gasteiger partial charge in [-0.3, -0.25) is 0 Å². The predicted molar refractivity (Wildman–Crippen MR) is 72.1 cm³/mol. The second kappa shape index (κ2) is 4.37. The normalized spacial score (nSPS) is 10.7. The Morgan fingerprint density at radius 1 is 1.06 bits per heavy atom. The van der Waals surface area contributed by atoms with Gasteiger partial charge in [-0.25, -0.2) is 9.97 Å². The molecule has 18 heavy (non-hydrogen) atoms. The van der Waals surface area contributed by atoms with Crippen molar-refractivity contribution >= 4 is 22.7 Å². The number of imidazole rings is 1. The van der Waals surface area contributed by atoms with Crippen LogP contribution in [0.2, 0.25) is 0 Å². The number of hydrogen-bond acceptors (Lipinski definition) is 4. The number of anilines is 2. The number of pyridine rings is 1. The number of nitrogens with one attached hydrogen (secondary N) is 2. The van der Waals surface area contributed by atoms with E-state index in [0.29, 0.717) is 18.0 Å². The summed E-state index contributed by atoms with van der Waals surface area (Å²) in [6.45, 7) is 0.625. The number of fused-ring (bicyclic) bond motifs is 1. The van der Waals surface area contributed by atoms with Crippen molar-refractivity contribution in [2.45, 2.75) is 6.54 Å². The Balaban J connectivity index is 1.79. The van der Waals surface area contributed by atoms with Crippen LogP contribution in [0.15, 0.2) is 42.5 Å². The summed E-state index contributed by atoms with van der Waals surface area (Å²) in [5.74, 6) is 1.32. The Kier molecular flexibility index (Phi) is 2.57. The monoisotopic (exact) mass is 239 g/mol. The molecule has 2 aromatic heterocycles. The number of para-hydroxylation sites is 1. The fourth-order valence-electron chi connectivity index (χ4n) is 1.78. The van der Waals surface area contributed by atoms with E-state index in [2.05, 4.69) is 20.3 Å². The Hall–Kier alpha value is -2.56. The van der Waals surface area contributed by atoms with E-state index in [1.807, 2.05) is 36.4 Å². The highest BCUT2D eigenvalue weighted by Crippen LogP contribution is 2.12. The van der Waals surface area contributed by atoms with Gasteiger partial charge in [0.05, 0.1) is 12.1 Å². The van der Waals surface area contributed by atoms with Crippen LogP contribution in [0.5, 0.6) is 0 Å². The Morgan fingerprint density at radius 2 is 1.89 bits per heavy atom. The number of aromatic amines is 1. The van der Waals surface area contributed by atoms with E-state index in [1.54, 1.807) is 6.07 Å². The quantitative estimate of drug-likeness (QED) is 0.654. The second-order valence-electron chi connectivity index (χ2n) is 4.01. The van der Waals surface area contributed by atoms with Crippen molar-refractivity contribution in [3.05, 3.63) is 48.3 Å². The first-order valence-electron chi connectivity index (χ1n) is 5.71. The van der Waals surface area contributed by atoms with Crippen LogP contribution in [0, 0.1) is 0 Å². The van der Waals surface area contributed by atoms with E-state index >= 15 is 0 Å². The smallest absolute Gasteiger partial charge is 0.179 e. The molecular formula is C13H13N5. The molecule has 5 nitrogen and oxygen atoms in total. The number of benzene rings is 1. The molecule has 0 atom stereocenters. The molecule has 5 heteroatoms. The molecule has 0 unspecified atom stereocenters. The van der Waals surface area contributed by atoms with Crippen molar-refractivity contribution in [2.75, 3.05) is 11.1 Å². The fourth-order valence-corrected chi connectivity index (χ4v) is 1.78. The number of H-pyrrole nitrogens is 1. The van der Waals surface area contributed by atoms with Gasteiger partial charge in [-0.05, 0) is 24.3 Å². The van der Waals surface area contributed by atoms with Crippen LogP contribution in [-0.2, 0) is 6.54 Å². The summed E-state index contributed by atoms with van der Waals surface area (Å²) < 4.78 is 0. The summed E-state index contributed by atoms with van der Waals surface area (Å²) in [5, 5.41) is 3.28. The highest BCUT2D eigenvalue weighted by atomic mass is 15.0. The SMILES string of the molecule is Nc1ccc2[nH]c(CNc3ccccc3)nc2n1. The van der Waals surface area contributed by atoms with E-state index in [4.69, 9.17) is 5.73 Å². The van der Waals surface area contributed by atoms with Crippen LogP contribution in [0.25, 0.3) is 11.2 Å². The molecule has 0 radical (unpaired) electrons. The predicted octanol–water partition coefficient (Wildman–Crippen LogP) is 2.15. The summed E-state index contributed by atoms with van der Waals surface area (Å²) in [5.41, 5.74) is 8.23. The standard InChI is InChI=1S/C13H13N5/c14-11-7-6-10-13(17-11)18-12(16-10)8-15-9-4-2-1-3-5-9/h1-7,15H,8H2,(H3,14,16,17,18). The van der Waals surface area contributed by atoms with Gasteiger partial charge >= 0.3 is 0 Å². The van der Waals surface area contributed by atoms with E-state index in [1.165, 1.54) is 0 Å². The Labute approximate surface area is 104 Å². The summed E-state index contributed by atoms with van der Waals surface area (Å²) in [4.78, 5) is 11.7. The van der Waals surface area contributed by atoms with Gasteiger partial charge in [0.1, 0.15) is 11.6 Å². The van der Waals surface area contributed by atoms with Crippen molar-refractivity contribution < 1.29 is 0 Å². The third-order valence-electron chi connectivity index (χ3n) is 2.65. The average Bonchev–Trinajstić information content (AvgIpc) is 2.79. The van der Waals surface area contributed by atoms with E-state index in [0.717, 1.165) is 17.0 Å². The molecule has 0 aliphatic heterocycles. The minimum atomic E-state index is 0.483. The van der Waals surface area contributed by atoms with Crippen molar-refractivity contribution in [1.29, 1.82) is 0 Å². The molecular weight excluding hydrogens is 226 g/mol. The third-order valence-corrected chi connectivity index (χ3v) is 2.65. The molecule has 0 amide bonds. The first kappa shape index (κ1) is 10.6. The largest absolute Gasteiger partial charge is 0.384 e. The Morgan fingerprint density at radius 3 is 2.72 bits per heavy atom. The van der Waals surface area contributed by atoms with Crippen LogP contribution in [-0.4, -0.2) is 15.0 Å². The van der Waals surface area contributed by atoms with E-state index in [-0.39, 0.29) is 0 Å². The maximum absolute atomic E-state index is 5.62. The number of nitrogens with two attached hydrogens (primary N) is 1. The molecule has 0 saturated carbocycles. The van der Waals surface area contributed by atoms with Crippen LogP contribution < -0.4 is 11.1 Å². The molecule has 0 bridgehead atoms. The number of rotatable bonds is 3. The van der Waals surface area contributed by atoms with Crippen molar-refractivity contribution in [2.24, 2.45) is 0 Å². The summed E-state index contributed by atoms with van der Waals surface area (Å²) in [6.07, 6.45) is 0. The minimum absolute atomic E-state index is 0.483. The summed E-state index contributed by atoms with van der Waals surface area (Å²) >= 11 is 0. The molecule has 0 spiro atoms. The summed E-state index contributed by atoms with van der Waals surface area (Å²) in [6, 6.07) is 13.6. The van der Waals surface area contributed by atoms with Crippen LogP contribution in [0.3, 0.4) is 0 Å². The van der Waals surface area contributed by atoms with Gasteiger partial charge in [0.25, 0.3) is 0 Å². The van der Waals surface area contributed by atoms with Crippen molar-refractivity contribution in [3.63, 3.8) is 0 Å². The maximum atomic E-state index is 5.62. The third kappa shape index (κ3) is 2.10. The average molecular weight is 239 g/mol. The van der Waals surface area contributed by atoms with Crippen LogP contribution >= 0.6 is 0 Å². The van der Waals surface area contributed by atoms with Crippen LogP contribution in [0.4, 0.5) is 11.5 Å². The zero-order valence-corrected chi connectivity index (χ0v) is 9.72. The Bertz CT molecular complexity index is 659. The number of nitrogen functional groups attached to an aromatic ring is 1. The molecule has 90 valence electrons. The highest BCUT2D eigenvalue weighted by Gasteiger charge is 2.03. The zero-order chi connectivity index (χ0) is 12.4. The van der Waals surface area contributed by atoms with E-state index in [9.17, 15) is 0 Å². The first-order chi connectivity index (χ1) is 8.81. The van der Waals surface area contributed by atoms with Gasteiger partial charge in [-0.15, -0.1) is 0 Å². The van der Waals surface area contributed by atoms with Gasteiger partial charge in [0.2, 0.25) is 0 Å². The molecule has 0 aliphatic rings. The molecule has 3 aromatic rings. The zero-order valence-electron chi connectivity index (χ0n) is 9.72. The molecule has 2 heterocycles. The van der Waals surface area contributed by atoms with Gasteiger partial charge in [0.15, 0.2) is 5.65 Å². The molecule has 4 N–H and O–H groups in total. The topological polar surface area (TPSA) is 79.6 Å². The lowest BCUT2D eigenvalue weighted by Gasteiger charge is -2.02. The molecule has 0 saturated heterocycles. The molecule has 0 aliphatic carbocycles. The lowest BCUT2D eigenvalue weighted by Crippen LogP contribution is -2.00. The second-order valence-corrected chi connectivity index (χ2v) is 4.01. The first-order valence-corrected chi connectivity index (χ1v) is 5.71. The maximum Gasteiger partial charge on any atom is 0.179 e. The summed E-state index contributed by atoms with van der Waals surface area (Å²) in [7, 11) is 0. The molecule has 1 aromatic carbocycles.